The lowest BCUT2D eigenvalue weighted by Gasteiger charge is -2.21. The van der Waals surface area contributed by atoms with Crippen molar-refractivity contribution in [2.24, 2.45) is 0 Å². The van der Waals surface area contributed by atoms with Crippen molar-refractivity contribution in [2.75, 3.05) is 20.2 Å². The van der Waals surface area contributed by atoms with Crippen LogP contribution in [0.5, 0.6) is 11.5 Å². The molecule has 0 radical (unpaired) electrons. The molecule has 24 heavy (non-hydrogen) atoms. The Balaban J connectivity index is 1.53. The second-order valence-corrected chi connectivity index (χ2v) is 6.37. The van der Waals surface area contributed by atoms with Crippen molar-refractivity contribution in [1.82, 2.24) is 15.1 Å². The lowest BCUT2D eigenvalue weighted by Crippen LogP contribution is -2.27. The van der Waals surface area contributed by atoms with E-state index in [1.54, 1.807) is 35.6 Å². The fourth-order valence-electron chi connectivity index (χ4n) is 2.14. The van der Waals surface area contributed by atoms with Crippen LogP contribution < -0.4 is 4.74 Å². The summed E-state index contributed by atoms with van der Waals surface area (Å²) in [6, 6.07) is 10.6. The molecular formula is C17H19N3O3S. The summed E-state index contributed by atoms with van der Waals surface area (Å²) in [5.74, 6) is 2.10. The Bertz CT molecular complexity index is 756. The van der Waals surface area contributed by atoms with Gasteiger partial charge in [0.2, 0.25) is 5.89 Å². The summed E-state index contributed by atoms with van der Waals surface area (Å²) in [5.41, 5.74) is 0. The Morgan fingerprint density at radius 2 is 2.04 bits per heavy atom. The number of aromatic hydroxyl groups is 1. The van der Waals surface area contributed by atoms with Crippen molar-refractivity contribution < 1.29 is 14.3 Å². The quantitative estimate of drug-likeness (QED) is 0.706. The maximum Gasteiger partial charge on any atom is 0.257 e. The third-order valence-electron chi connectivity index (χ3n) is 3.74. The molecule has 3 rings (SSSR count). The first kappa shape index (κ1) is 16.5. The minimum absolute atomic E-state index is 0.00497. The van der Waals surface area contributed by atoms with Gasteiger partial charge in [-0.1, -0.05) is 6.07 Å². The van der Waals surface area contributed by atoms with E-state index in [4.69, 9.17) is 9.15 Å². The van der Waals surface area contributed by atoms with Gasteiger partial charge in [0.05, 0.1) is 10.9 Å². The first-order chi connectivity index (χ1) is 11.6. The van der Waals surface area contributed by atoms with Crippen LogP contribution in [0.15, 0.2) is 46.2 Å². The van der Waals surface area contributed by atoms with Gasteiger partial charge in [0.15, 0.2) is 0 Å². The number of nitrogens with zero attached hydrogens (tertiary/aromatic N) is 3. The highest BCUT2D eigenvalue weighted by Gasteiger charge is 2.19. The second kappa shape index (κ2) is 7.46. The monoisotopic (exact) mass is 345 g/mol. The SMILES string of the molecule is C[C@H](c1nnc(-c2cccs2)o1)N(C)CCOc1ccc(O)cc1. The lowest BCUT2D eigenvalue weighted by atomic mass is 10.3. The lowest BCUT2D eigenvalue weighted by molar-refractivity contribution is 0.182. The van der Waals surface area contributed by atoms with E-state index >= 15 is 0 Å². The zero-order valence-electron chi connectivity index (χ0n) is 13.5. The summed E-state index contributed by atoms with van der Waals surface area (Å²) >= 11 is 1.57. The number of rotatable bonds is 7. The van der Waals surface area contributed by atoms with Crippen LogP contribution in [0.2, 0.25) is 0 Å². The summed E-state index contributed by atoms with van der Waals surface area (Å²) in [5, 5.41) is 19.5. The Kier molecular flexibility index (Phi) is 5.12. The minimum atomic E-state index is -0.00497. The van der Waals surface area contributed by atoms with Crippen molar-refractivity contribution >= 4 is 11.3 Å². The average molecular weight is 345 g/mol. The van der Waals surface area contributed by atoms with E-state index in [1.165, 1.54) is 0 Å². The Morgan fingerprint density at radius 3 is 2.75 bits per heavy atom. The van der Waals surface area contributed by atoms with Crippen molar-refractivity contribution in [3.63, 3.8) is 0 Å². The summed E-state index contributed by atoms with van der Waals surface area (Å²) in [7, 11) is 1.99. The van der Waals surface area contributed by atoms with Gasteiger partial charge in [-0.05, 0) is 49.7 Å². The number of ether oxygens (including phenoxy) is 1. The number of benzene rings is 1. The van der Waals surface area contributed by atoms with Crippen LogP contribution >= 0.6 is 11.3 Å². The third kappa shape index (κ3) is 3.93. The highest BCUT2D eigenvalue weighted by Crippen LogP contribution is 2.26. The van der Waals surface area contributed by atoms with Crippen molar-refractivity contribution in [1.29, 1.82) is 0 Å². The Hall–Kier alpha value is -2.38. The van der Waals surface area contributed by atoms with Gasteiger partial charge in [0.25, 0.3) is 5.89 Å². The molecule has 1 N–H and O–H groups in total. The Labute approximate surface area is 144 Å². The van der Waals surface area contributed by atoms with E-state index in [9.17, 15) is 5.11 Å². The molecule has 0 fully saturated rings. The molecule has 0 amide bonds. The van der Waals surface area contributed by atoms with Crippen LogP contribution in [0.4, 0.5) is 0 Å². The molecule has 2 aromatic heterocycles. The highest BCUT2D eigenvalue weighted by atomic mass is 32.1. The molecule has 126 valence electrons. The van der Waals surface area contributed by atoms with Crippen LogP contribution in [-0.2, 0) is 0 Å². The maximum absolute atomic E-state index is 9.25. The fourth-order valence-corrected chi connectivity index (χ4v) is 2.78. The summed E-state index contributed by atoms with van der Waals surface area (Å²) in [6.07, 6.45) is 0. The molecule has 0 spiro atoms. The van der Waals surface area contributed by atoms with Crippen LogP contribution in [0.3, 0.4) is 0 Å². The standard InChI is InChI=1S/C17H19N3O3S/c1-12(16-18-19-17(23-16)15-4-3-11-24-15)20(2)9-10-22-14-7-5-13(21)6-8-14/h3-8,11-12,21H,9-10H2,1-2H3/t12-/m1/s1. The molecule has 6 nitrogen and oxygen atoms in total. The molecule has 0 saturated heterocycles. The average Bonchev–Trinajstić information content (AvgIpc) is 3.27. The van der Waals surface area contributed by atoms with Gasteiger partial charge in [-0.25, -0.2) is 0 Å². The van der Waals surface area contributed by atoms with Crippen LogP contribution in [0.1, 0.15) is 18.9 Å². The molecule has 0 saturated carbocycles. The topological polar surface area (TPSA) is 71.6 Å². The van der Waals surface area contributed by atoms with E-state index in [-0.39, 0.29) is 11.8 Å². The predicted molar refractivity (Wildman–Crippen MR) is 92.3 cm³/mol. The number of likely N-dealkylation sites (N-methyl/N-ethyl adjacent to an activating group) is 1. The molecule has 2 heterocycles. The number of hydrogen-bond donors (Lipinski definition) is 1. The molecule has 0 unspecified atom stereocenters. The van der Waals surface area contributed by atoms with Gasteiger partial charge in [-0.15, -0.1) is 21.5 Å². The minimum Gasteiger partial charge on any atom is -0.508 e. The molecule has 0 aliphatic rings. The van der Waals surface area contributed by atoms with E-state index in [0.29, 0.717) is 24.9 Å². The predicted octanol–water partition coefficient (Wildman–Crippen LogP) is 3.58. The first-order valence-corrected chi connectivity index (χ1v) is 8.51. The van der Waals surface area contributed by atoms with Crippen LogP contribution in [0, 0.1) is 0 Å². The van der Waals surface area contributed by atoms with Crippen molar-refractivity contribution in [3.8, 4) is 22.3 Å². The van der Waals surface area contributed by atoms with Crippen LogP contribution in [-0.4, -0.2) is 40.4 Å². The van der Waals surface area contributed by atoms with Crippen molar-refractivity contribution in [2.45, 2.75) is 13.0 Å². The maximum atomic E-state index is 9.25. The smallest absolute Gasteiger partial charge is 0.257 e. The molecule has 0 bridgehead atoms. The number of aromatic nitrogens is 2. The van der Waals surface area contributed by atoms with Crippen molar-refractivity contribution in [3.05, 3.63) is 47.7 Å². The van der Waals surface area contributed by atoms with Gasteiger partial charge in [0, 0.05) is 6.54 Å². The summed E-state index contributed by atoms with van der Waals surface area (Å²) in [6.45, 7) is 3.25. The first-order valence-electron chi connectivity index (χ1n) is 7.63. The number of phenols is 1. The molecule has 0 aliphatic heterocycles. The van der Waals surface area contributed by atoms with E-state index in [2.05, 4.69) is 15.1 Å². The van der Waals surface area contributed by atoms with Gasteiger partial charge in [0.1, 0.15) is 18.1 Å². The van der Waals surface area contributed by atoms with Gasteiger partial charge < -0.3 is 14.3 Å². The molecule has 1 aromatic carbocycles. The molecule has 1 atom stereocenters. The third-order valence-corrected chi connectivity index (χ3v) is 4.60. The van der Waals surface area contributed by atoms with Gasteiger partial charge >= 0.3 is 0 Å². The summed E-state index contributed by atoms with van der Waals surface area (Å²) in [4.78, 5) is 3.06. The summed E-state index contributed by atoms with van der Waals surface area (Å²) < 4.78 is 11.4. The van der Waals surface area contributed by atoms with E-state index in [1.807, 2.05) is 31.5 Å². The molecule has 7 heteroatoms. The molecular weight excluding hydrogens is 326 g/mol. The zero-order valence-corrected chi connectivity index (χ0v) is 14.4. The van der Waals surface area contributed by atoms with E-state index < -0.39 is 0 Å². The molecule has 0 aliphatic carbocycles. The van der Waals surface area contributed by atoms with E-state index in [0.717, 1.165) is 10.6 Å². The Morgan fingerprint density at radius 1 is 1.25 bits per heavy atom. The number of phenolic OH excluding ortho intramolecular Hbond substituents is 1. The number of hydrogen-bond acceptors (Lipinski definition) is 7. The largest absolute Gasteiger partial charge is 0.508 e. The van der Waals surface area contributed by atoms with Crippen LogP contribution in [0.25, 0.3) is 10.8 Å². The van der Waals surface area contributed by atoms with Gasteiger partial charge in [-0.2, -0.15) is 0 Å². The normalized spacial score (nSPS) is 12.5. The number of thiophene rings is 1. The fraction of sp³-hybridized carbons (Fsp3) is 0.294. The molecule has 3 aromatic rings. The van der Waals surface area contributed by atoms with Gasteiger partial charge in [-0.3, -0.25) is 4.90 Å². The second-order valence-electron chi connectivity index (χ2n) is 5.42. The highest BCUT2D eigenvalue weighted by molar-refractivity contribution is 7.13. The zero-order chi connectivity index (χ0) is 16.9.